The van der Waals surface area contributed by atoms with Crippen LogP contribution in [0.3, 0.4) is 0 Å². The van der Waals surface area contributed by atoms with Crippen LogP contribution in [0.2, 0.25) is 0 Å². The molecule has 0 bridgehead atoms. The molecule has 1 aromatic rings. The summed E-state index contributed by atoms with van der Waals surface area (Å²) < 4.78 is 0. The Kier molecular flexibility index (Phi) is 3.90. The standard InChI is InChI=1S/C17H26N2/c1-13-9-10-17(16-8-3-2-7-15(13)16)19-11-5-4-6-14(19)12-18/h2-3,7-8,13-14,17H,4-6,9-12,18H2,1H3. The van der Waals surface area contributed by atoms with Gasteiger partial charge in [-0.2, -0.15) is 0 Å². The number of hydrogen-bond acceptors (Lipinski definition) is 2. The maximum absolute atomic E-state index is 6.01. The Labute approximate surface area is 117 Å². The molecule has 2 nitrogen and oxygen atoms in total. The first-order valence-electron chi connectivity index (χ1n) is 7.86. The van der Waals surface area contributed by atoms with E-state index in [2.05, 4.69) is 36.1 Å². The lowest BCUT2D eigenvalue weighted by Gasteiger charge is -2.44. The summed E-state index contributed by atoms with van der Waals surface area (Å²) in [6.45, 7) is 4.41. The summed E-state index contributed by atoms with van der Waals surface area (Å²) in [7, 11) is 0. The van der Waals surface area contributed by atoms with Crippen LogP contribution >= 0.6 is 0 Å². The van der Waals surface area contributed by atoms with E-state index in [1.807, 2.05) is 0 Å². The van der Waals surface area contributed by atoms with Crippen molar-refractivity contribution in [3.8, 4) is 0 Å². The van der Waals surface area contributed by atoms with Crippen LogP contribution in [-0.2, 0) is 0 Å². The van der Waals surface area contributed by atoms with Gasteiger partial charge < -0.3 is 5.73 Å². The molecule has 1 saturated heterocycles. The maximum Gasteiger partial charge on any atom is 0.0354 e. The number of rotatable bonds is 2. The fourth-order valence-corrected chi connectivity index (χ4v) is 4.01. The van der Waals surface area contributed by atoms with Crippen LogP contribution < -0.4 is 5.73 Å². The second-order valence-corrected chi connectivity index (χ2v) is 6.25. The van der Waals surface area contributed by atoms with Gasteiger partial charge in [-0.3, -0.25) is 4.90 Å². The number of nitrogens with two attached hydrogens (primary N) is 1. The summed E-state index contributed by atoms with van der Waals surface area (Å²) in [5.74, 6) is 0.716. The minimum absolute atomic E-state index is 0.597. The van der Waals surface area contributed by atoms with Gasteiger partial charge in [0, 0.05) is 18.6 Å². The molecule has 1 aliphatic carbocycles. The molecule has 104 valence electrons. The predicted octanol–water partition coefficient (Wildman–Crippen LogP) is 3.44. The average molecular weight is 258 g/mol. The minimum Gasteiger partial charge on any atom is -0.329 e. The van der Waals surface area contributed by atoms with Crippen LogP contribution in [0.5, 0.6) is 0 Å². The van der Waals surface area contributed by atoms with Crippen LogP contribution in [0.25, 0.3) is 0 Å². The number of nitrogens with zero attached hydrogens (tertiary/aromatic N) is 1. The lowest BCUT2D eigenvalue weighted by atomic mass is 9.79. The Balaban J connectivity index is 1.91. The zero-order valence-electron chi connectivity index (χ0n) is 12.0. The van der Waals surface area contributed by atoms with Gasteiger partial charge in [-0.1, -0.05) is 37.6 Å². The SMILES string of the molecule is CC1CCC(N2CCCCC2CN)c2ccccc21. The van der Waals surface area contributed by atoms with Gasteiger partial charge in [-0.05, 0) is 49.3 Å². The van der Waals surface area contributed by atoms with Gasteiger partial charge in [0.25, 0.3) is 0 Å². The molecule has 1 aromatic carbocycles. The normalized spacial score (nSPS) is 32.0. The van der Waals surface area contributed by atoms with Crippen LogP contribution in [0.1, 0.15) is 62.1 Å². The highest BCUT2D eigenvalue weighted by Crippen LogP contribution is 2.42. The van der Waals surface area contributed by atoms with Crippen molar-refractivity contribution in [1.29, 1.82) is 0 Å². The summed E-state index contributed by atoms with van der Waals surface area (Å²) in [6.07, 6.45) is 6.59. The smallest absolute Gasteiger partial charge is 0.0354 e. The first kappa shape index (κ1) is 13.1. The van der Waals surface area contributed by atoms with Crippen molar-refractivity contribution in [2.24, 2.45) is 5.73 Å². The zero-order chi connectivity index (χ0) is 13.2. The second-order valence-electron chi connectivity index (χ2n) is 6.25. The van der Waals surface area contributed by atoms with E-state index < -0.39 is 0 Å². The molecular weight excluding hydrogens is 232 g/mol. The number of benzene rings is 1. The van der Waals surface area contributed by atoms with E-state index in [1.54, 1.807) is 11.1 Å². The first-order chi connectivity index (χ1) is 9.31. The molecule has 2 aliphatic rings. The van der Waals surface area contributed by atoms with Gasteiger partial charge in [-0.15, -0.1) is 0 Å². The highest BCUT2D eigenvalue weighted by molar-refractivity contribution is 5.35. The molecule has 3 unspecified atom stereocenters. The number of hydrogen-bond donors (Lipinski definition) is 1. The Morgan fingerprint density at radius 3 is 2.68 bits per heavy atom. The Morgan fingerprint density at radius 2 is 1.89 bits per heavy atom. The van der Waals surface area contributed by atoms with Crippen molar-refractivity contribution >= 4 is 0 Å². The maximum atomic E-state index is 6.01. The Hall–Kier alpha value is -0.860. The number of piperidine rings is 1. The third kappa shape index (κ3) is 2.44. The van der Waals surface area contributed by atoms with Crippen molar-refractivity contribution in [1.82, 2.24) is 4.90 Å². The molecule has 3 rings (SSSR count). The zero-order valence-corrected chi connectivity index (χ0v) is 12.0. The second kappa shape index (κ2) is 5.64. The fraction of sp³-hybridized carbons (Fsp3) is 0.647. The van der Waals surface area contributed by atoms with Gasteiger partial charge in [0.15, 0.2) is 0 Å². The molecule has 19 heavy (non-hydrogen) atoms. The van der Waals surface area contributed by atoms with Gasteiger partial charge >= 0.3 is 0 Å². The van der Waals surface area contributed by atoms with Crippen molar-refractivity contribution in [3.05, 3.63) is 35.4 Å². The topological polar surface area (TPSA) is 29.3 Å². The molecule has 0 saturated carbocycles. The largest absolute Gasteiger partial charge is 0.329 e. The first-order valence-corrected chi connectivity index (χ1v) is 7.86. The van der Waals surface area contributed by atoms with Crippen LogP contribution in [0, 0.1) is 0 Å². The molecule has 1 heterocycles. The van der Waals surface area contributed by atoms with E-state index in [1.165, 1.54) is 38.6 Å². The molecule has 0 spiro atoms. The lowest BCUT2D eigenvalue weighted by molar-refractivity contribution is 0.0863. The van der Waals surface area contributed by atoms with Crippen LogP contribution in [0.15, 0.2) is 24.3 Å². The van der Waals surface area contributed by atoms with E-state index >= 15 is 0 Å². The van der Waals surface area contributed by atoms with E-state index in [4.69, 9.17) is 5.73 Å². The summed E-state index contributed by atoms with van der Waals surface area (Å²) in [5.41, 5.74) is 9.15. The molecular formula is C17H26N2. The van der Waals surface area contributed by atoms with Gasteiger partial charge in [-0.25, -0.2) is 0 Å². The highest BCUT2D eigenvalue weighted by Gasteiger charge is 2.33. The fourth-order valence-electron chi connectivity index (χ4n) is 4.01. The summed E-state index contributed by atoms with van der Waals surface area (Å²) >= 11 is 0. The predicted molar refractivity (Wildman–Crippen MR) is 80.2 cm³/mol. The molecule has 1 aliphatic heterocycles. The van der Waals surface area contributed by atoms with E-state index in [0.717, 1.165) is 6.54 Å². The molecule has 2 N–H and O–H groups in total. The quantitative estimate of drug-likeness (QED) is 0.880. The Bertz CT molecular complexity index is 429. The van der Waals surface area contributed by atoms with E-state index in [0.29, 0.717) is 18.0 Å². The summed E-state index contributed by atoms with van der Waals surface area (Å²) in [6, 6.07) is 10.3. The number of fused-ring (bicyclic) bond motifs is 1. The van der Waals surface area contributed by atoms with Crippen molar-refractivity contribution < 1.29 is 0 Å². The van der Waals surface area contributed by atoms with Gasteiger partial charge in [0.1, 0.15) is 0 Å². The monoisotopic (exact) mass is 258 g/mol. The van der Waals surface area contributed by atoms with E-state index in [-0.39, 0.29) is 0 Å². The third-order valence-electron chi connectivity index (χ3n) is 5.10. The molecule has 2 heteroatoms. The van der Waals surface area contributed by atoms with Gasteiger partial charge in [0.2, 0.25) is 0 Å². The summed E-state index contributed by atoms with van der Waals surface area (Å²) in [4.78, 5) is 2.70. The van der Waals surface area contributed by atoms with Gasteiger partial charge in [0.05, 0.1) is 0 Å². The molecule has 0 amide bonds. The lowest BCUT2D eigenvalue weighted by Crippen LogP contribution is -2.46. The van der Waals surface area contributed by atoms with Crippen molar-refractivity contribution in [2.75, 3.05) is 13.1 Å². The highest BCUT2D eigenvalue weighted by atomic mass is 15.2. The van der Waals surface area contributed by atoms with Crippen molar-refractivity contribution in [3.63, 3.8) is 0 Å². The molecule has 3 atom stereocenters. The van der Waals surface area contributed by atoms with Crippen LogP contribution in [-0.4, -0.2) is 24.0 Å². The van der Waals surface area contributed by atoms with Crippen LogP contribution in [0.4, 0.5) is 0 Å². The number of likely N-dealkylation sites (tertiary alicyclic amines) is 1. The average Bonchev–Trinajstić information content (AvgIpc) is 2.48. The minimum atomic E-state index is 0.597. The third-order valence-corrected chi connectivity index (χ3v) is 5.10. The molecule has 1 fully saturated rings. The van der Waals surface area contributed by atoms with Crippen molar-refractivity contribution in [2.45, 2.75) is 57.0 Å². The van der Waals surface area contributed by atoms with E-state index in [9.17, 15) is 0 Å². The Morgan fingerprint density at radius 1 is 1.11 bits per heavy atom. The molecule has 0 radical (unpaired) electrons. The summed E-state index contributed by atoms with van der Waals surface area (Å²) in [5, 5.41) is 0. The molecule has 0 aromatic heterocycles.